The maximum atomic E-state index is 9.40. The first kappa shape index (κ1) is 16.2. The van der Waals surface area contributed by atoms with E-state index in [0.717, 1.165) is 62.2 Å². The van der Waals surface area contributed by atoms with Gasteiger partial charge < -0.3 is 14.5 Å². The number of nitrogens with one attached hydrogen (secondary N) is 1. The van der Waals surface area contributed by atoms with Gasteiger partial charge in [0.05, 0.1) is 6.54 Å². The van der Waals surface area contributed by atoms with Gasteiger partial charge in [-0.25, -0.2) is 4.98 Å². The van der Waals surface area contributed by atoms with Crippen molar-refractivity contribution in [2.45, 2.75) is 39.4 Å². The molecule has 1 aliphatic rings. The number of nitrogens with zero attached hydrogens (tertiary/aromatic N) is 3. The van der Waals surface area contributed by atoms with Crippen LogP contribution in [0.1, 0.15) is 29.5 Å². The summed E-state index contributed by atoms with van der Waals surface area (Å²) in [7, 11) is 0. The predicted octanol–water partition coefficient (Wildman–Crippen LogP) is 1.69. The Morgan fingerprint density at radius 3 is 2.83 bits per heavy atom. The molecular weight excluding hydrogens is 292 g/mol. The van der Waals surface area contributed by atoms with E-state index in [0.29, 0.717) is 6.04 Å². The summed E-state index contributed by atoms with van der Waals surface area (Å²) in [4.78, 5) is 12.4. The molecule has 2 N–H and O–H groups in total. The highest BCUT2D eigenvalue weighted by molar-refractivity contribution is 5.06. The van der Waals surface area contributed by atoms with E-state index < -0.39 is 0 Å². The molecule has 3 rings (SSSR count). The lowest BCUT2D eigenvalue weighted by molar-refractivity contribution is 0.0449. The Balaban J connectivity index is 1.60. The van der Waals surface area contributed by atoms with Crippen LogP contribution in [0, 0.1) is 13.8 Å². The molecule has 1 atom stereocenters. The number of aliphatic hydroxyl groups excluding tert-OH is 1. The van der Waals surface area contributed by atoms with Crippen molar-refractivity contribution in [3.05, 3.63) is 41.4 Å². The Labute approximate surface area is 137 Å². The van der Waals surface area contributed by atoms with Crippen molar-refractivity contribution in [2.75, 3.05) is 26.2 Å². The molecule has 23 heavy (non-hydrogen) atoms. The van der Waals surface area contributed by atoms with E-state index in [2.05, 4.69) is 19.8 Å². The van der Waals surface area contributed by atoms with Gasteiger partial charge in [0.15, 0.2) is 0 Å². The summed E-state index contributed by atoms with van der Waals surface area (Å²) >= 11 is 0. The summed E-state index contributed by atoms with van der Waals surface area (Å²) in [5.74, 6) is 2.91. The minimum absolute atomic E-state index is 0.218. The highest BCUT2D eigenvalue weighted by Gasteiger charge is 2.27. The second-order valence-electron chi connectivity index (χ2n) is 6.38. The first-order chi connectivity index (χ1) is 11.1. The van der Waals surface area contributed by atoms with E-state index in [1.807, 2.05) is 32.2 Å². The molecule has 6 nitrogen and oxygen atoms in total. The van der Waals surface area contributed by atoms with Crippen LogP contribution in [-0.4, -0.2) is 57.2 Å². The molecule has 6 heteroatoms. The van der Waals surface area contributed by atoms with Crippen molar-refractivity contribution in [1.82, 2.24) is 19.8 Å². The standard InChI is InChI=1S/C17H26N4O2/c1-13-3-4-17(23-13)12-21-7-6-20(11-16(21)5-8-22)10-15-9-18-14(2)19-15/h3-4,9,16,22H,5-8,10-12H2,1-2H3,(H,18,19). The molecule has 0 aliphatic carbocycles. The van der Waals surface area contributed by atoms with Crippen LogP contribution in [0.2, 0.25) is 0 Å². The van der Waals surface area contributed by atoms with E-state index in [1.54, 1.807) is 0 Å². The lowest BCUT2D eigenvalue weighted by Crippen LogP contribution is -2.52. The van der Waals surface area contributed by atoms with Gasteiger partial charge in [-0.3, -0.25) is 9.80 Å². The molecular formula is C17H26N4O2. The van der Waals surface area contributed by atoms with Gasteiger partial charge in [-0.05, 0) is 32.4 Å². The van der Waals surface area contributed by atoms with Crippen molar-refractivity contribution in [3.8, 4) is 0 Å². The number of furan rings is 1. The highest BCUT2D eigenvalue weighted by atomic mass is 16.3. The highest BCUT2D eigenvalue weighted by Crippen LogP contribution is 2.19. The smallest absolute Gasteiger partial charge is 0.118 e. The third kappa shape index (κ3) is 4.22. The molecule has 0 amide bonds. The Hall–Kier alpha value is -1.63. The van der Waals surface area contributed by atoms with Gasteiger partial charge in [-0.15, -0.1) is 0 Å². The Kier molecular flexibility index (Phi) is 5.15. The average Bonchev–Trinajstić information content (AvgIpc) is 3.11. The van der Waals surface area contributed by atoms with Crippen LogP contribution >= 0.6 is 0 Å². The van der Waals surface area contributed by atoms with Gasteiger partial charge in [0, 0.05) is 50.7 Å². The van der Waals surface area contributed by atoms with E-state index in [9.17, 15) is 5.11 Å². The van der Waals surface area contributed by atoms with Crippen LogP contribution in [0.4, 0.5) is 0 Å². The Morgan fingerprint density at radius 2 is 2.17 bits per heavy atom. The fourth-order valence-electron chi connectivity index (χ4n) is 3.30. The number of hydrogen-bond acceptors (Lipinski definition) is 5. The maximum Gasteiger partial charge on any atom is 0.118 e. The number of imidazole rings is 1. The molecule has 0 saturated carbocycles. The molecule has 2 aromatic heterocycles. The third-order valence-corrected chi connectivity index (χ3v) is 4.46. The molecule has 1 unspecified atom stereocenters. The number of hydrogen-bond donors (Lipinski definition) is 2. The number of aromatic amines is 1. The van der Waals surface area contributed by atoms with Crippen molar-refractivity contribution in [1.29, 1.82) is 0 Å². The van der Waals surface area contributed by atoms with Gasteiger partial charge in [0.25, 0.3) is 0 Å². The summed E-state index contributed by atoms with van der Waals surface area (Å²) in [5.41, 5.74) is 1.15. The molecule has 1 saturated heterocycles. The molecule has 0 spiro atoms. The second-order valence-corrected chi connectivity index (χ2v) is 6.38. The van der Waals surface area contributed by atoms with Crippen LogP contribution < -0.4 is 0 Å². The predicted molar refractivity (Wildman–Crippen MR) is 87.9 cm³/mol. The number of aromatic nitrogens is 2. The van der Waals surface area contributed by atoms with Crippen molar-refractivity contribution < 1.29 is 9.52 Å². The van der Waals surface area contributed by atoms with Crippen LogP contribution in [0.25, 0.3) is 0 Å². The summed E-state index contributed by atoms with van der Waals surface area (Å²) in [6.07, 6.45) is 2.70. The van der Waals surface area contributed by atoms with Gasteiger partial charge in [0.2, 0.25) is 0 Å². The second kappa shape index (κ2) is 7.29. The van der Waals surface area contributed by atoms with E-state index >= 15 is 0 Å². The molecule has 126 valence electrons. The zero-order valence-electron chi connectivity index (χ0n) is 14.0. The fourth-order valence-corrected chi connectivity index (χ4v) is 3.30. The number of aliphatic hydroxyl groups is 1. The lowest BCUT2D eigenvalue weighted by atomic mass is 10.1. The SMILES string of the molecule is Cc1ncc(CN2CCN(Cc3ccc(C)o3)C(CCO)C2)[nH]1. The summed E-state index contributed by atoms with van der Waals surface area (Å²) < 4.78 is 5.71. The number of piperazine rings is 1. The van der Waals surface area contributed by atoms with Gasteiger partial charge in [0.1, 0.15) is 17.3 Å². The Morgan fingerprint density at radius 1 is 1.30 bits per heavy atom. The normalized spacial score (nSPS) is 20.2. The summed E-state index contributed by atoms with van der Waals surface area (Å²) in [5, 5.41) is 9.40. The first-order valence-corrected chi connectivity index (χ1v) is 8.27. The minimum Gasteiger partial charge on any atom is -0.465 e. The first-order valence-electron chi connectivity index (χ1n) is 8.27. The summed E-state index contributed by atoms with van der Waals surface area (Å²) in [6.45, 7) is 8.82. The molecule has 0 radical (unpaired) electrons. The monoisotopic (exact) mass is 318 g/mol. The van der Waals surface area contributed by atoms with E-state index in [4.69, 9.17) is 4.42 Å². The molecule has 0 aromatic carbocycles. The van der Waals surface area contributed by atoms with Gasteiger partial charge in [-0.1, -0.05) is 0 Å². The van der Waals surface area contributed by atoms with Gasteiger partial charge >= 0.3 is 0 Å². The van der Waals surface area contributed by atoms with Crippen LogP contribution in [0.5, 0.6) is 0 Å². The maximum absolute atomic E-state index is 9.40. The van der Waals surface area contributed by atoms with Crippen LogP contribution in [0.15, 0.2) is 22.7 Å². The zero-order chi connectivity index (χ0) is 16.2. The Bertz CT molecular complexity index is 622. The van der Waals surface area contributed by atoms with Crippen molar-refractivity contribution in [3.63, 3.8) is 0 Å². The fraction of sp³-hybridized carbons (Fsp3) is 0.588. The van der Waals surface area contributed by atoms with Crippen LogP contribution in [-0.2, 0) is 13.1 Å². The van der Waals surface area contributed by atoms with E-state index in [1.165, 1.54) is 0 Å². The van der Waals surface area contributed by atoms with Gasteiger partial charge in [-0.2, -0.15) is 0 Å². The topological polar surface area (TPSA) is 68.5 Å². The summed E-state index contributed by atoms with van der Waals surface area (Å²) in [6, 6.07) is 4.40. The van der Waals surface area contributed by atoms with Crippen LogP contribution in [0.3, 0.4) is 0 Å². The molecule has 3 heterocycles. The number of aryl methyl sites for hydroxylation is 2. The minimum atomic E-state index is 0.218. The molecule has 1 fully saturated rings. The average molecular weight is 318 g/mol. The number of rotatable bonds is 6. The zero-order valence-corrected chi connectivity index (χ0v) is 14.0. The quantitative estimate of drug-likeness (QED) is 0.848. The molecule has 0 bridgehead atoms. The molecule has 2 aromatic rings. The number of H-pyrrole nitrogens is 1. The van der Waals surface area contributed by atoms with E-state index in [-0.39, 0.29) is 6.61 Å². The third-order valence-electron chi connectivity index (χ3n) is 4.46. The molecule has 1 aliphatic heterocycles. The van der Waals surface area contributed by atoms with Crippen molar-refractivity contribution in [2.24, 2.45) is 0 Å². The lowest BCUT2D eigenvalue weighted by Gasteiger charge is -2.40. The van der Waals surface area contributed by atoms with Crippen molar-refractivity contribution >= 4 is 0 Å². The largest absolute Gasteiger partial charge is 0.465 e.